The molecule has 0 amide bonds. The number of hydrogen-bond acceptors (Lipinski definition) is 4. The van der Waals surface area contributed by atoms with Crippen molar-refractivity contribution in [1.29, 1.82) is 0 Å². The van der Waals surface area contributed by atoms with Gasteiger partial charge in [-0.2, -0.15) is 0 Å². The zero-order chi connectivity index (χ0) is 13.7. The van der Waals surface area contributed by atoms with E-state index in [1.807, 2.05) is 0 Å². The average Bonchev–Trinajstić information content (AvgIpc) is 2.85. The van der Waals surface area contributed by atoms with Gasteiger partial charge in [0.25, 0.3) is 10.0 Å². The lowest BCUT2D eigenvalue weighted by Crippen LogP contribution is -2.18. The highest BCUT2D eigenvalue weighted by molar-refractivity contribution is 7.89. The lowest BCUT2D eigenvalue weighted by atomic mass is 9.87. The molecule has 0 radical (unpaired) electrons. The molecule has 1 heterocycles. The Bertz CT molecular complexity index is 490. The number of nitrogens with one attached hydrogen (secondary N) is 1. The van der Waals surface area contributed by atoms with Crippen LogP contribution in [0.25, 0.3) is 0 Å². The maximum atomic E-state index is 11.0. The minimum atomic E-state index is -3.72. The predicted octanol–water partition coefficient (Wildman–Crippen LogP) is 1.99. The Kier molecular flexibility index (Phi) is 5.01. The monoisotopic (exact) mass is 286 g/mol. The quantitative estimate of drug-likeness (QED) is 0.783. The third-order valence-corrected chi connectivity index (χ3v) is 4.45. The lowest BCUT2D eigenvalue weighted by molar-refractivity contribution is 0.329. The van der Waals surface area contributed by atoms with E-state index in [9.17, 15) is 8.42 Å². The van der Waals surface area contributed by atoms with Crippen LogP contribution in [0.5, 0.6) is 0 Å². The first-order chi connectivity index (χ1) is 9.05. The first-order valence-corrected chi connectivity index (χ1v) is 8.42. The SMILES string of the molecule is NS(=O)(=O)c1ccc(CNCCC2CCCCC2)o1. The smallest absolute Gasteiger partial charge is 0.271 e. The van der Waals surface area contributed by atoms with Crippen molar-refractivity contribution in [2.45, 2.75) is 50.2 Å². The summed E-state index contributed by atoms with van der Waals surface area (Å²) in [6.07, 6.45) is 7.98. The Morgan fingerprint density at radius 1 is 1.26 bits per heavy atom. The normalized spacial score (nSPS) is 17.7. The van der Waals surface area contributed by atoms with Crippen LogP contribution in [-0.2, 0) is 16.6 Å². The molecule has 1 saturated carbocycles. The summed E-state index contributed by atoms with van der Waals surface area (Å²) >= 11 is 0. The third kappa shape index (κ3) is 4.63. The standard InChI is InChI=1S/C13H22N2O3S/c14-19(16,17)13-7-6-12(18-13)10-15-9-8-11-4-2-1-3-5-11/h6-7,11,15H,1-5,8-10H2,(H2,14,16,17). The van der Waals surface area contributed by atoms with Crippen LogP contribution in [0.1, 0.15) is 44.3 Å². The van der Waals surface area contributed by atoms with Gasteiger partial charge in [0.15, 0.2) is 0 Å². The molecule has 1 aliphatic carbocycles. The molecule has 3 N–H and O–H groups in total. The number of primary sulfonamides is 1. The van der Waals surface area contributed by atoms with Crippen LogP contribution in [-0.4, -0.2) is 15.0 Å². The van der Waals surface area contributed by atoms with E-state index in [1.165, 1.54) is 44.6 Å². The highest BCUT2D eigenvalue weighted by Gasteiger charge is 2.14. The van der Waals surface area contributed by atoms with Crippen molar-refractivity contribution in [1.82, 2.24) is 5.32 Å². The van der Waals surface area contributed by atoms with Gasteiger partial charge in [-0.1, -0.05) is 32.1 Å². The van der Waals surface area contributed by atoms with Crippen LogP contribution in [0.4, 0.5) is 0 Å². The van der Waals surface area contributed by atoms with Gasteiger partial charge in [0, 0.05) is 0 Å². The van der Waals surface area contributed by atoms with Crippen LogP contribution >= 0.6 is 0 Å². The number of furan rings is 1. The number of sulfonamides is 1. The molecule has 0 aliphatic heterocycles. The fourth-order valence-corrected chi connectivity index (χ4v) is 3.08. The van der Waals surface area contributed by atoms with Crippen molar-refractivity contribution in [3.05, 3.63) is 17.9 Å². The van der Waals surface area contributed by atoms with Crippen molar-refractivity contribution in [2.24, 2.45) is 11.1 Å². The first-order valence-electron chi connectivity index (χ1n) is 6.88. The Morgan fingerprint density at radius 3 is 2.63 bits per heavy atom. The molecule has 0 atom stereocenters. The summed E-state index contributed by atoms with van der Waals surface area (Å²) in [6.45, 7) is 1.48. The van der Waals surface area contributed by atoms with Crippen LogP contribution < -0.4 is 10.5 Å². The minimum absolute atomic E-state index is 0.170. The molecule has 1 fully saturated rings. The Morgan fingerprint density at radius 2 is 2.00 bits per heavy atom. The molecule has 19 heavy (non-hydrogen) atoms. The van der Waals surface area contributed by atoms with Crippen LogP contribution in [0.3, 0.4) is 0 Å². The van der Waals surface area contributed by atoms with Crippen molar-refractivity contribution in [3.63, 3.8) is 0 Å². The van der Waals surface area contributed by atoms with E-state index in [0.29, 0.717) is 12.3 Å². The van der Waals surface area contributed by atoms with Gasteiger partial charge in [-0.25, -0.2) is 13.6 Å². The first kappa shape index (κ1) is 14.6. The van der Waals surface area contributed by atoms with E-state index < -0.39 is 10.0 Å². The second-order valence-electron chi connectivity index (χ2n) is 5.24. The van der Waals surface area contributed by atoms with Gasteiger partial charge in [0.05, 0.1) is 6.54 Å². The van der Waals surface area contributed by atoms with Crippen LogP contribution in [0.15, 0.2) is 21.6 Å². The van der Waals surface area contributed by atoms with Gasteiger partial charge < -0.3 is 9.73 Å². The molecule has 0 bridgehead atoms. The third-order valence-electron chi connectivity index (χ3n) is 3.67. The Labute approximate surface area is 114 Å². The highest BCUT2D eigenvalue weighted by Crippen LogP contribution is 2.25. The molecule has 5 nitrogen and oxygen atoms in total. The van der Waals surface area contributed by atoms with E-state index >= 15 is 0 Å². The summed E-state index contributed by atoms with van der Waals surface area (Å²) in [7, 11) is -3.72. The fraction of sp³-hybridized carbons (Fsp3) is 0.692. The van der Waals surface area contributed by atoms with Gasteiger partial charge in [-0.3, -0.25) is 0 Å². The van der Waals surface area contributed by atoms with E-state index in [-0.39, 0.29) is 5.09 Å². The average molecular weight is 286 g/mol. The molecule has 0 unspecified atom stereocenters. The van der Waals surface area contributed by atoms with Crippen LogP contribution in [0.2, 0.25) is 0 Å². The van der Waals surface area contributed by atoms with Crippen molar-refractivity contribution < 1.29 is 12.8 Å². The number of hydrogen-bond donors (Lipinski definition) is 2. The zero-order valence-corrected chi connectivity index (χ0v) is 11.9. The van der Waals surface area contributed by atoms with Gasteiger partial charge in [0.1, 0.15) is 5.76 Å². The second kappa shape index (κ2) is 6.54. The van der Waals surface area contributed by atoms with E-state index in [1.54, 1.807) is 6.07 Å². The lowest BCUT2D eigenvalue weighted by Gasteiger charge is -2.21. The van der Waals surface area contributed by atoms with E-state index in [0.717, 1.165) is 12.5 Å². The molecule has 108 valence electrons. The maximum Gasteiger partial charge on any atom is 0.271 e. The second-order valence-corrected chi connectivity index (χ2v) is 6.73. The zero-order valence-electron chi connectivity index (χ0n) is 11.1. The van der Waals surface area contributed by atoms with Gasteiger partial charge in [-0.05, 0) is 31.0 Å². The van der Waals surface area contributed by atoms with Crippen LogP contribution in [0, 0.1) is 5.92 Å². The number of rotatable bonds is 6. The largest absolute Gasteiger partial charge is 0.447 e. The molecule has 1 aliphatic rings. The molecule has 2 rings (SSSR count). The van der Waals surface area contributed by atoms with E-state index in [2.05, 4.69) is 5.32 Å². The maximum absolute atomic E-state index is 11.0. The summed E-state index contributed by atoms with van der Waals surface area (Å²) in [5, 5.41) is 8.10. The Hall–Kier alpha value is -0.850. The minimum Gasteiger partial charge on any atom is -0.447 e. The summed E-state index contributed by atoms with van der Waals surface area (Å²) in [5.74, 6) is 1.45. The topological polar surface area (TPSA) is 85.3 Å². The summed E-state index contributed by atoms with van der Waals surface area (Å²) in [6, 6.07) is 3.04. The molecular formula is C13H22N2O3S. The fourth-order valence-electron chi connectivity index (χ4n) is 2.60. The molecule has 0 spiro atoms. The molecule has 0 aromatic carbocycles. The molecule has 0 saturated heterocycles. The molecule has 6 heteroatoms. The Balaban J connectivity index is 1.69. The number of nitrogens with two attached hydrogens (primary N) is 1. The predicted molar refractivity (Wildman–Crippen MR) is 73.0 cm³/mol. The van der Waals surface area contributed by atoms with Crippen molar-refractivity contribution in [3.8, 4) is 0 Å². The summed E-state index contributed by atoms with van der Waals surface area (Å²) < 4.78 is 27.3. The van der Waals surface area contributed by atoms with Gasteiger partial charge in [0.2, 0.25) is 5.09 Å². The van der Waals surface area contributed by atoms with Gasteiger partial charge >= 0.3 is 0 Å². The van der Waals surface area contributed by atoms with Gasteiger partial charge in [-0.15, -0.1) is 0 Å². The molecule has 1 aromatic heterocycles. The molecule has 1 aromatic rings. The molecular weight excluding hydrogens is 264 g/mol. The van der Waals surface area contributed by atoms with E-state index in [4.69, 9.17) is 9.56 Å². The van der Waals surface area contributed by atoms with Crippen molar-refractivity contribution >= 4 is 10.0 Å². The van der Waals surface area contributed by atoms with Crippen molar-refractivity contribution in [2.75, 3.05) is 6.54 Å². The summed E-state index contributed by atoms with van der Waals surface area (Å²) in [5.41, 5.74) is 0. The summed E-state index contributed by atoms with van der Waals surface area (Å²) in [4.78, 5) is 0. The highest BCUT2D eigenvalue weighted by atomic mass is 32.2.